The van der Waals surface area contributed by atoms with Gasteiger partial charge in [0, 0.05) is 10.5 Å². The number of hydrazine groups is 1. The summed E-state index contributed by atoms with van der Waals surface area (Å²) in [5.74, 6) is 6.03. The lowest BCUT2D eigenvalue weighted by molar-refractivity contribution is 0.274. The van der Waals surface area contributed by atoms with Crippen LogP contribution in [0.15, 0.2) is 22.7 Å². The van der Waals surface area contributed by atoms with Gasteiger partial charge in [-0.3, -0.25) is 11.3 Å². The molecule has 1 aromatic rings. The Morgan fingerprint density at radius 2 is 2.00 bits per heavy atom. The van der Waals surface area contributed by atoms with Gasteiger partial charge in [-0.25, -0.2) is 4.39 Å². The third-order valence-electron chi connectivity index (χ3n) is 3.36. The predicted molar refractivity (Wildman–Crippen MR) is 86.8 cm³/mol. The average molecular weight is 345 g/mol. The van der Waals surface area contributed by atoms with E-state index in [9.17, 15) is 4.39 Å². The van der Waals surface area contributed by atoms with Crippen LogP contribution in [-0.2, 0) is 6.42 Å². The molecular formula is C16H26BrFN2. The van der Waals surface area contributed by atoms with E-state index >= 15 is 0 Å². The molecule has 0 saturated heterocycles. The molecule has 0 spiro atoms. The van der Waals surface area contributed by atoms with Crippen LogP contribution in [-0.4, -0.2) is 6.04 Å². The van der Waals surface area contributed by atoms with Crippen LogP contribution in [0.25, 0.3) is 0 Å². The molecule has 2 unspecified atom stereocenters. The third kappa shape index (κ3) is 6.33. The van der Waals surface area contributed by atoms with Gasteiger partial charge in [-0.05, 0) is 54.4 Å². The van der Waals surface area contributed by atoms with E-state index in [-0.39, 0.29) is 11.9 Å². The minimum absolute atomic E-state index is 0.158. The van der Waals surface area contributed by atoms with Gasteiger partial charge in [0.1, 0.15) is 5.82 Å². The Morgan fingerprint density at radius 3 is 2.55 bits per heavy atom. The van der Waals surface area contributed by atoms with Crippen LogP contribution in [0, 0.1) is 17.2 Å². The van der Waals surface area contributed by atoms with E-state index in [1.165, 1.54) is 6.07 Å². The summed E-state index contributed by atoms with van der Waals surface area (Å²) in [5, 5.41) is 0. The van der Waals surface area contributed by atoms with Crippen LogP contribution >= 0.6 is 15.9 Å². The van der Waals surface area contributed by atoms with Gasteiger partial charge >= 0.3 is 0 Å². The first kappa shape index (κ1) is 17.6. The molecule has 20 heavy (non-hydrogen) atoms. The first-order chi connectivity index (χ1) is 9.21. The van der Waals surface area contributed by atoms with Gasteiger partial charge < -0.3 is 0 Å². The maximum atomic E-state index is 13.3. The molecule has 1 rings (SSSR count). The fourth-order valence-electron chi connectivity index (χ4n) is 2.79. The fraction of sp³-hybridized carbons (Fsp3) is 0.625. The molecule has 0 radical (unpaired) electrons. The maximum absolute atomic E-state index is 13.3. The minimum Gasteiger partial charge on any atom is -0.271 e. The zero-order chi connectivity index (χ0) is 15.3. The van der Waals surface area contributed by atoms with Crippen molar-refractivity contribution in [3.05, 3.63) is 34.1 Å². The molecule has 0 bridgehead atoms. The second-order valence-electron chi connectivity index (χ2n) is 6.91. The van der Waals surface area contributed by atoms with E-state index in [0.29, 0.717) is 11.3 Å². The normalized spacial score (nSPS) is 15.2. The highest BCUT2D eigenvalue weighted by Gasteiger charge is 2.19. The van der Waals surface area contributed by atoms with Gasteiger partial charge in [-0.15, -0.1) is 0 Å². The second-order valence-corrected chi connectivity index (χ2v) is 7.76. The SMILES string of the molecule is CC(CC(Cc1cc(F)ccc1Br)NN)CC(C)(C)C. The molecule has 4 heteroatoms. The highest BCUT2D eigenvalue weighted by Crippen LogP contribution is 2.28. The Bertz CT molecular complexity index is 429. The molecule has 0 aliphatic heterocycles. The largest absolute Gasteiger partial charge is 0.271 e. The number of benzene rings is 1. The molecule has 0 fully saturated rings. The molecule has 0 amide bonds. The summed E-state index contributed by atoms with van der Waals surface area (Å²) in [5.41, 5.74) is 4.14. The van der Waals surface area contributed by atoms with Gasteiger partial charge in [0.25, 0.3) is 0 Å². The van der Waals surface area contributed by atoms with Gasteiger partial charge in [0.05, 0.1) is 0 Å². The molecule has 0 heterocycles. The van der Waals surface area contributed by atoms with Crippen LogP contribution in [0.2, 0.25) is 0 Å². The van der Waals surface area contributed by atoms with Crippen LogP contribution in [0.4, 0.5) is 4.39 Å². The van der Waals surface area contributed by atoms with Crippen molar-refractivity contribution in [2.75, 3.05) is 0 Å². The Labute approximate surface area is 130 Å². The standard InChI is InChI=1S/C16H26BrFN2/c1-11(10-16(2,3)4)7-14(20-19)9-12-8-13(18)5-6-15(12)17/h5-6,8,11,14,20H,7,9-10,19H2,1-4H3. The van der Waals surface area contributed by atoms with Gasteiger partial charge in [-0.1, -0.05) is 43.6 Å². The quantitative estimate of drug-likeness (QED) is 0.591. The van der Waals surface area contributed by atoms with Crippen molar-refractivity contribution < 1.29 is 4.39 Å². The maximum Gasteiger partial charge on any atom is 0.123 e. The Balaban J connectivity index is 2.65. The predicted octanol–water partition coefficient (Wildman–Crippen LogP) is 4.43. The summed E-state index contributed by atoms with van der Waals surface area (Å²) in [6.45, 7) is 8.99. The topological polar surface area (TPSA) is 38.0 Å². The Kier molecular flexibility index (Phi) is 6.62. The van der Waals surface area contributed by atoms with E-state index in [0.717, 1.165) is 29.3 Å². The van der Waals surface area contributed by atoms with E-state index in [4.69, 9.17) is 5.84 Å². The molecule has 114 valence electrons. The average Bonchev–Trinajstić information content (AvgIpc) is 2.30. The lowest BCUT2D eigenvalue weighted by Gasteiger charge is -2.26. The lowest BCUT2D eigenvalue weighted by Crippen LogP contribution is -2.38. The van der Waals surface area contributed by atoms with E-state index in [2.05, 4.69) is 49.1 Å². The number of nitrogens with two attached hydrogens (primary N) is 1. The monoisotopic (exact) mass is 344 g/mol. The molecule has 3 N–H and O–H groups in total. The van der Waals surface area contributed by atoms with Crippen molar-refractivity contribution in [1.29, 1.82) is 0 Å². The second kappa shape index (κ2) is 7.53. The summed E-state index contributed by atoms with van der Waals surface area (Å²) in [4.78, 5) is 0. The molecule has 0 aliphatic rings. The summed E-state index contributed by atoms with van der Waals surface area (Å²) >= 11 is 3.47. The number of nitrogens with one attached hydrogen (secondary N) is 1. The van der Waals surface area contributed by atoms with Crippen molar-refractivity contribution >= 4 is 15.9 Å². The molecule has 1 aromatic carbocycles. The Morgan fingerprint density at radius 1 is 1.35 bits per heavy atom. The number of rotatable bonds is 6. The van der Waals surface area contributed by atoms with Crippen LogP contribution in [0.3, 0.4) is 0 Å². The Hall–Kier alpha value is -0.450. The van der Waals surface area contributed by atoms with E-state index in [1.807, 2.05) is 0 Å². The highest BCUT2D eigenvalue weighted by molar-refractivity contribution is 9.10. The number of halogens is 2. The third-order valence-corrected chi connectivity index (χ3v) is 4.13. The molecule has 0 aromatic heterocycles. The van der Waals surface area contributed by atoms with Gasteiger partial charge in [0.15, 0.2) is 0 Å². The van der Waals surface area contributed by atoms with Crippen molar-refractivity contribution in [3.8, 4) is 0 Å². The summed E-state index contributed by atoms with van der Waals surface area (Å²) in [6, 6.07) is 4.94. The number of hydrogen-bond acceptors (Lipinski definition) is 2. The molecule has 2 atom stereocenters. The zero-order valence-corrected chi connectivity index (χ0v) is 14.4. The first-order valence-electron chi connectivity index (χ1n) is 7.11. The summed E-state index contributed by atoms with van der Waals surface area (Å²) < 4.78 is 14.2. The smallest absolute Gasteiger partial charge is 0.123 e. The molecule has 0 saturated carbocycles. The van der Waals surface area contributed by atoms with Crippen molar-refractivity contribution in [2.45, 2.75) is 53.0 Å². The molecule has 0 aliphatic carbocycles. The zero-order valence-electron chi connectivity index (χ0n) is 12.8. The molecular weight excluding hydrogens is 319 g/mol. The van der Waals surface area contributed by atoms with E-state index < -0.39 is 0 Å². The summed E-state index contributed by atoms with van der Waals surface area (Å²) in [7, 11) is 0. The van der Waals surface area contributed by atoms with Gasteiger partial charge in [0.2, 0.25) is 0 Å². The van der Waals surface area contributed by atoms with Crippen LogP contribution in [0.5, 0.6) is 0 Å². The van der Waals surface area contributed by atoms with Crippen LogP contribution in [0.1, 0.15) is 46.1 Å². The molecule has 2 nitrogen and oxygen atoms in total. The summed E-state index contributed by atoms with van der Waals surface area (Å²) in [6.07, 6.45) is 2.86. The van der Waals surface area contributed by atoms with Crippen LogP contribution < -0.4 is 11.3 Å². The highest BCUT2D eigenvalue weighted by atomic mass is 79.9. The van der Waals surface area contributed by atoms with Crippen molar-refractivity contribution in [2.24, 2.45) is 17.2 Å². The number of hydrogen-bond donors (Lipinski definition) is 2. The van der Waals surface area contributed by atoms with Crippen molar-refractivity contribution in [1.82, 2.24) is 5.43 Å². The minimum atomic E-state index is -0.207. The fourth-order valence-corrected chi connectivity index (χ4v) is 3.20. The van der Waals surface area contributed by atoms with Crippen molar-refractivity contribution in [3.63, 3.8) is 0 Å². The lowest BCUT2D eigenvalue weighted by atomic mass is 9.82. The first-order valence-corrected chi connectivity index (χ1v) is 7.90. The van der Waals surface area contributed by atoms with E-state index in [1.54, 1.807) is 12.1 Å². The van der Waals surface area contributed by atoms with Gasteiger partial charge in [-0.2, -0.15) is 0 Å².